The van der Waals surface area contributed by atoms with Crippen LogP contribution >= 0.6 is 23.2 Å². The minimum Gasteiger partial charge on any atom is -0.298 e. The second kappa shape index (κ2) is 7.41. The smallest absolute Gasteiger partial charge is 0.298 e. The van der Waals surface area contributed by atoms with E-state index in [1.807, 2.05) is 0 Å². The van der Waals surface area contributed by atoms with Crippen LogP contribution in [0.5, 0.6) is 0 Å². The summed E-state index contributed by atoms with van der Waals surface area (Å²) in [6, 6.07) is 8.79. The fourth-order valence-electron chi connectivity index (χ4n) is 2.30. The first-order valence-electron chi connectivity index (χ1n) is 6.97. The monoisotopic (exact) mass is 372 g/mol. The Balaban J connectivity index is 2.39. The van der Waals surface area contributed by atoms with Gasteiger partial charge in [-0.1, -0.05) is 47.5 Å². The second-order valence-electron chi connectivity index (χ2n) is 5.34. The van der Waals surface area contributed by atoms with Crippen LogP contribution < -0.4 is 0 Å². The standard InChI is InChI=1S/C18H13Cl2F3O/c1-11-6-14(9-15(19)7-11)16(18(21,22)23)5-3-12-2-4-13(10-24)17(20)8-12/h2-10,16H,1H3/b5-3+. The highest BCUT2D eigenvalue weighted by molar-refractivity contribution is 6.33. The third kappa shape index (κ3) is 4.62. The Kier molecular flexibility index (Phi) is 5.73. The van der Waals surface area contributed by atoms with Crippen LogP contribution in [-0.4, -0.2) is 12.5 Å². The summed E-state index contributed by atoms with van der Waals surface area (Å²) in [5.41, 5.74) is 1.48. The number of aldehydes is 1. The molecule has 0 fully saturated rings. The maximum Gasteiger partial charge on any atom is 0.399 e. The van der Waals surface area contributed by atoms with E-state index in [2.05, 4.69) is 0 Å². The van der Waals surface area contributed by atoms with Crippen LogP contribution in [0.15, 0.2) is 42.5 Å². The predicted molar refractivity (Wildman–Crippen MR) is 90.9 cm³/mol. The topological polar surface area (TPSA) is 17.1 Å². The van der Waals surface area contributed by atoms with Gasteiger partial charge in [-0.15, -0.1) is 0 Å². The summed E-state index contributed by atoms with van der Waals surface area (Å²) >= 11 is 11.8. The first-order valence-corrected chi connectivity index (χ1v) is 7.73. The van der Waals surface area contributed by atoms with Gasteiger partial charge in [-0.05, 0) is 47.9 Å². The molecule has 24 heavy (non-hydrogen) atoms. The fourth-order valence-corrected chi connectivity index (χ4v) is 2.83. The number of hydrogen-bond donors (Lipinski definition) is 0. The van der Waals surface area contributed by atoms with Crippen LogP contribution in [0.25, 0.3) is 6.08 Å². The molecule has 0 amide bonds. The van der Waals surface area contributed by atoms with Crippen molar-refractivity contribution in [1.82, 2.24) is 0 Å². The molecule has 0 aliphatic rings. The van der Waals surface area contributed by atoms with Gasteiger partial charge in [-0.2, -0.15) is 13.2 Å². The highest BCUT2D eigenvalue weighted by Gasteiger charge is 2.39. The molecule has 1 nitrogen and oxygen atoms in total. The number of halogens is 5. The SMILES string of the molecule is Cc1cc(Cl)cc(C(/C=C/c2ccc(C=O)c(Cl)c2)C(F)(F)F)c1. The molecule has 0 bridgehead atoms. The fraction of sp³-hybridized carbons (Fsp3) is 0.167. The van der Waals surface area contributed by atoms with Crippen molar-refractivity contribution < 1.29 is 18.0 Å². The van der Waals surface area contributed by atoms with E-state index < -0.39 is 12.1 Å². The number of alkyl halides is 3. The first-order chi connectivity index (χ1) is 11.2. The highest BCUT2D eigenvalue weighted by atomic mass is 35.5. The summed E-state index contributed by atoms with van der Waals surface area (Å²) in [7, 11) is 0. The molecule has 6 heteroatoms. The lowest BCUT2D eigenvalue weighted by molar-refractivity contribution is -0.139. The zero-order chi connectivity index (χ0) is 17.9. The summed E-state index contributed by atoms with van der Waals surface area (Å²) < 4.78 is 40.2. The van der Waals surface area contributed by atoms with Crippen LogP contribution in [-0.2, 0) is 0 Å². The van der Waals surface area contributed by atoms with E-state index in [1.54, 1.807) is 13.0 Å². The summed E-state index contributed by atoms with van der Waals surface area (Å²) in [5.74, 6) is -1.79. The molecule has 0 spiro atoms. The van der Waals surface area contributed by atoms with Gasteiger partial charge in [-0.25, -0.2) is 0 Å². The van der Waals surface area contributed by atoms with Gasteiger partial charge in [-0.3, -0.25) is 4.79 Å². The number of allylic oxidation sites excluding steroid dienone is 1. The Hall–Kier alpha value is -1.78. The molecule has 2 aromatic carbocycles. The first kappa shape index (κ1) is 18.6. The van der Waals surface area contributed by atoms with Gasteiger partial charge in [0.1, 0.15) is 0 Å². The molecule has 0 radical (unpaired) electrons. The van der Waals surface area contributed by atoms with E-state index in [0.29, 0.717) is 17.4 Å². The summed E-state index contributed by atoms with van der Waals surface area (Å²) in [5, 5.41) is 0.445. The van der Waals surface area contributed by atoms with Crippen molar-refractivity contribution in [1.29, 1.82) is 0 Å². The Morgan fingerprint density at radius 2 is 1.79 bits per heavy atom. The number of hydrogen-bond acceptors (Lipinski definition) is 1. The van der Waals surface area contributed by atoms with Crippen LogP contribution in [0, 0.1) is 6.92 Å². The van der Waals surface area contributed by atoms with E-state index in [-0.39, 0.29) is 21.2 Å². The maximum atomic E-state index is 13.4. The molecule has 2 rings (SSSR count). The number of rotatable bonds is 4. The van der Waals surface area contributed by atoms with Crippen molar-refractivity contribution in [2.24, 2.45) is 0 Å². The molecule has 0 saturated carbocycles. The van der Waals surface area contributed by atoms with Crippen molar-refractivity contribution in [3.8, 4) is 0 Å². The van der Waals surface area contributed by atoms with E-state index in [0.717, 1.165) is 6.08 Å². The van der Waals surface area contributed by atoms with Crippen LogP contribution in [0.2, 0.25) is 10.0 Å². The third-order valence-electron chi connectivity index (χ3n) is 3.41. The minimum absolute atomic E-state index is 0.0689. The van der Waals surface area contributed by atoms with Crippen molar-refractivity contribution in [3.63, 3.8) is 0 Å². The summed E-state index contributed by atoms with van der Waals surface area (Å²) in [6.45, 7) is 1.68. The average Bonchev–Trinajstić information content (AvgIpc) is 2.45. The third-order valence-corrected chi connectivity index (χ3v) is 3.95. The van der Waals surface area contributed by atoms with Crippen LogP contribution in [0.3, 0.4) is 0 Å². The quantitative estimate of drug-likeness (QED) is 0.561. The lowest BCUT2D eigenvalue weighted by Gasteiger charge is -2.18. The van der Waals surface area contributed by atoms with E-state index in [4.69, 9.17) is 23.2 Å². The molecule has 1 unspecified atom stereocenters. The number of benzene rings is 2. The van der Waals surface area contributed by atoms with E-state index in [1.165, 1.54) is 36.4 Å². The minimum atomic E-state index is -4.46. The van der Waals surface area contributed by atoms with Gasteiger partial charge >= 0.3 is 6.18 Å². The van der Waals surface area contributed by atoms with Gasteiger partial charge < -0.3 is 0 Å². The molecule has 0 aromatic heterocycles. The zero-order valence-corrected chi connectivity index (χ0v) is 14.1. The molecular weight excluding hydrogens is 360 g/mol. The van der Waals surface area contributed by atoms with Crippen molar-refractivity contribution in [2.45, 2.75) is 19.0 Å². The Morgan fingerprint density at radius 1 is 1.08 bits per heavy atom. The summed E-state index contributed by atoms with van der Waals surface area (Å²) in [6.07, 6.45) is -1.49. The summed E-state index contributed by atoms with van der Waals surface area (Å²) in [4.78, 5) is 10.7. The molecule has 1 atom stereocenters. The van der Waals surface area contributed by atoms with Gasteiger partial charge in [0.25, 0.3) is 0 Å². The Bertz CT molecular complexity index is 762. The van der Waals surface area contributed by atoms with Gasteiger partial charge in [0.15, 0.2) is 6.29 Å². The molecule has 2 aromatic rings. The molecule has 0 heterocycles. The Labute approximate surface area is 147 Å². The second-order valence-corrected chi connectivity index (χ2v) is 6.18. The van der Waals surface area contributed by atoms with E-state index in [9.17, 15) is 18.0 Å². The Morgan fingerprint density at radius 3 is 2.33 bits per heavy atom. The van der Waals surface area contributed by atoms with Crippen molar-refractivity contribution in [2.75, 3.05) is 0 Å². The van der Waals surface area contributed by atoms with Crippen molar-refractivity contribution >= 4 is 35.6 Å². The highest BCUT2D eigenvalue weighted by Crippen LogP contribution is 2.37. The van der Waals surface area contributed by atoms with Gasteiger partial charge in [0, 0.05) is 10.6 Å². The van der Waals surface area contributed by atoms with Gasteiger partial charge in [0.2, 0.25) is 0 Å². The molecule has 0 saturated heterocycles. The maximum absolute atomic E-state index is 13.4. The average molecular weight is 373 g/mol. The normalized spacial score (nSPS) is 13.2. The molecule has 0 aliphatic carbocycles. The zero-order valence-electron chi connectivity index (χ0n) is 12.6. The van der Waals surface area contributed by atoms with Gasteiger partial charge in [0.05, 0.1) is 10.9 Å². The van der Waals surface area contributed by atoms with Crippen molar-refractivity contribution in [3.05, 3.63) is 74.8 Å². The largest absolute Gasteiger partial charge is 0.399 e. The lowest BCUT2D eigenvalue weighted by Crippen LogP contribution is -2.19. The van der Waals surface area contributed by atoms with Crippen LogP contribution in [0.1, 0.15) is 33.0 Å². The van der Waals surface area contributed by atoms with E-state index >= 15 is 0 Å². The molecule has 0 aliphatic heterocycles. The number of aryl methyl sites for hydroxylation is 1. The number of carbonyl (C=O) groups is 1. The lowest BCUT2D eigenvalue weighted by atomic mass is 9.95. The van der Waals surface area contributed by atoms with Crippen LogP contribution in [0.4, 0.5) is 13.2 Å². The molecule has 0 N–H and O–H groups in total. The predicted octanol–water partition coefficient (Wildman–Crippen LogP) is 6.47. The molecule has 126 valence electrons. The number of carbonyl (C=O) groups excluding carboxylic acids is 1. The molecular formula is C18H13Cl2F3O.